The van der Waals surface area contributed by atoms with Crippen molar-refractivity contribution in [1.82, 2.24) is 0 Å². The smallest absolute Gasteiger partial charge is 0.119 e. The molecule has 0 heterocycles. The summed E-state index contributed by atoms with van der Waals surface area (Å²) in [4.78, 5) is 0. The van der Waals surface area contributed by atoms with E-state index in [1.807, 2.05) is 42.5 Å². The van der Waals surface area contributed by atoms with Gasteiger partial charge in [0, 0.05) is 4.47 Å². The lowest BCUT2D eigenvalue weighted by Crippen LogP contribution is -1.91. The molecule has 2 nitrogen and oxygen atoms in total. The Bertz CT molecular complexity index is 588. The summed E-state index contributed by atoms with van der Waals surface area (Å²) in [5.41, 5.74) is 3.01. The van der Waals surface area contributed by atoms with Gasteiger partial charge in [-0.3, -0.25) is 0 Å². The average Bonchev–Trinajstić information content (AvgIpc) is 2.47. The van der Waals surface area contributed by atoms with Crippen LogP contribution in [0.15, 0.2) is 53.5 Å². The van der Waals surface area contributed by atoms with E-state index in [0.29, 0.717) is 0 Å². The second-order valence-corrected chi connectivity index (χ2v) is 4.91. The molecule has 0 spiro atoms. The van der Waals surface area contributed by atoms with Crippen LogP contribution in [0.25, 0.3) is 5.57 Å². The second kappa shape index (κ2) is 5.93. The number of hydrogen-bond acceptors (Lipinski definition) is 2. The van der Waals surface area contributed by atoms with Gasteiger partial charge in [0.2, 0.25) is 0 Å². The highest BCUT2D eigenvalue weighted by Crippen LogP contribution is 2.32. The minimum atomic E-state index is 0.813. The van der Waals surface area contributed by atoms with Gasteiger partial charge in [0.15, 0.2) is 0 Å². The van der Waals surface area contributed by atoms with Crippen molar-refractivity contribution in [3.05, 3.63) is 64.6 Å². The van der Waals surface area contributed by atoms with Gasteiger partial charge in [-0.05, 0) is 47.0 Å². The third-order valence-corrected chi connectivity index (χ3v) is 3.63. The molecule has 0 saturated heterocycles. The van der Waals surface area contributed by atoms with Crippen LogP contribution >= 0.6 is 15.9 Å². The molecule has 0 saturated carbocycles. The zero-order chi connectivity index (χ0) is 13.8. The Morgan fingerprint density at radius 1 is 0.947 bits per heavy atom. The Morgan fingerprint density at radius 2 is 1.53 bits per heavy atom. The van der Waals surface area contributed by atoms with Gasteiger partial charge in [-0.1, -0.05) is 34.6 Å². The van der Waals surface area contributed by atoms with Gasteiger partial charge in [0.25, 0.3) is 0 Å². The first kappa shape index (κ1) is 13.7. The third kappa shape index (κ3) is 2.99. The maximum Gasteiger partial charge on any atom is 0.119 e. The summed E-state index contributed by atoms with van der Waals surface area (Å²) >= 11 is 3.54. The lowest BCUT2D eigenvalue weighted by atomic mass is 9.99. The molecule has 3 heteroatoms. The van der Waals surface area contributed by atoms with E-state index in [-0.39, 0.29) is 0 Å². The van der Waals surface area contributed by atoms with Gasteiger partial charge in [-0.2, -0.15) is 0 Å². The summed E-state index contributed by atoms with van der Waals surface area (Å²) in [5.74, 6) is 1.65. The zero-order valence-electron chi connectivity index (χ0n) is 10.9. The van der Waals surface area contributed by atoms with Crippen molar-refractivity contribution in [2.45, 2.75) is 0 Å². The van der Waals surface area contributed by atoms with Gasteiger partial charge >= 0.3 is 0 Å². The average molecular weight is 319 g/mol. The predicted octanol–water partition coefficient (Wildman–Crippen LogP) is 4.53. The lowest BCUT2D eigenvalue weighted by molar-refractivity contribution is 0.414. The fourth-order valence-corrected chi connectivity index (χ4v) is 2.30. The van der Waals surface area contributed by atoms with Crippen molar-refractivity contribution in [3.63, 3.8) is 0 Å². The monoisotopic (exact) mass is 318 g/mol. The molecule has 2 aromatic rings. The molecule has 98 valence electrons. The van der Waals surface area contributed by atoms with E-state index in [0.717, 1.165) is 32.7 Å². The lowest BCUT2D eigenvalue weighted by Gasteiger charge is -2.11. The molecule has 0 N–H and O–H groups in total. The summed E-state index contributed by atoms with van der Waals surface area (Å²) in [6.45, 7) is 4.16. The molecule has 0 radical (unpaired) electrons. The van der Waals surface area contributed by atoms with Crippen molar-refractivity contribution in [1.29, 1.82) is 0 Å². The third-order valence-electron chi connectivity index (χ3n) is 2.94. The first-order valence-electron chi connectivity index (χ1n) is 5.83. The number of rotatable bonds is 4. The van der Waals surface area contributed by atoms with Crippen LogP contribution in [0.5, 0.6) is 11.5 Å². The van der Waals surface area contributed by atoms with E-state index in [1.54, 1.807) is 14.2 Å². The largest absolute Gasteiger partial charge is 0.497 e. The van der Waals surface area contributed by atoms with E-state index in [9.17, 15) is 0 Å². The first-order chi connectivity index (χ1) is 9.15. The molecule has 0 aliphatic carbocycles. The predicted molar refractivity (Wildman–Crippen MR) is 81.8 cm³/mol. The molecule has 2 aromatic carbocycles. The van der Waals surface area contributed by atoms with Crippen LogP contribution in [0.2, 0.25) is 0 Å². The molecule has 0 bridgehead atoms. The van der Waals surface area contributed by atoms with Crippen LogP contribution in [-0.2, 0) is 0 Å². The molecule has 0 atom stereocenters. The number of hydrogen-bond donors (Lipinski definition) is 0. The number of halogens is 1. The molecule has 2 rings (SSSR count). The van der Waals surface area contributed by atoms with Crippen LogP contribution in [-0.4, -0.2) is 14.2 Å². The number of methoxy groups -OCH3 is 2. The molecular weight excluding hydrogens is 304 g/mol. The molecule has 19 heavy (non-hydrogen) atoms. The minimum Gasteiger partial charge on any atom is -0.497 e. The summed E-state index contributed by atoms with van der Waals surface area (Å²) in [6, 6.07) is 13.7. The maximum atomic E-state index is 5.25. The normalized spacial score (nSPS) is 10.1. The van der Waals surface area contributed by atoms with Crippen molar-refractivity contribution < 1.29 is 9.47 Å². The fraction of sp³-hybridized carbons (Fsp3) is 0.125. The Hall–Kier alpha value is -1.74. The molecule has 0 fully saturated rings. The highest BCUT2D eigenvalue weighted by molar-refractivity contribution is 9.10. The van der Waals surface area contributed by atoms with E-state index in [4.69, 9.17) is 9.47 Å². The number of ether oxygens (including phenoxy) is 2. The van der Waals surface area contributed by atoms with Crippen LogP contribution < -0.4 is 9.47 Å². The van der Waals surface area contributed by atoms with E-state index >= 15 is 0 Å². The minimum absolute atomic E-state index is 0.813. The first-order valence-corrected chi connectivity index (χ1v) is 6.62. The molecule has 0 aromatic heterocycles. The Balaban J connectivity index is 2.37. The van der Waals surface area contributed by atoms with Gasteiger partial charge in [0.05, 0.1) is 14.2 Å². The van der Waals surface area contributed by atoms with E-state index in [2.05, 4.69) is 22.5 Å². The number of benzene rings is 2. The molecule has 0 aliphatic heterocycles. The van der Waals surface area contributed by atoms with Crippen LogP contribution in [0.1, 0.15) is 11.1 Å². The standard InChI is InChI=1S/C16H15BrO2/c1-11(12-4-6-13(18-2)7-5-12)15-10-14(19-3)8-9-16(15)17/h4-10H,1H2,2-3H3. The maximum absolute atomic E-state index is 5.25. The fourth-order valence-electron chi connectivity index (χ4n) is 1.81. The summed E-state index contributed by atoms with van der Waals surface area (Å²) in [7, 11) is 3.31. The van der Waals surface area contributed by atoms with Crippen LogP contribution in [0, 0.1) is 0 Å². The van der Waals surface area contributed by atoms with Crippen molar-refractivity contribution in [2.75, 3.05) is 14.2 Å². The second-order valence-electron chi connectivity index (χ2n) is 4.05. The quantitative estimate of drug-likeness (QED) is 0.824. The van der Waals surface area contributed by atoms with Crippen molar-refractivity contribution >= 4 is 21.5 Å². The highest BCUT2D eigenvalue weighted by atomic mass is 79.9. The summed E-state index contributed by atoms with van der Waals surface area (Å²) in [5, 5.41) is 0. The Kier molecular flexibility index (Phi) is 4.27. The van der Waals surface area contributed by atoms with E-state index in [1.165, 1.54) is 0 Å². The van der Waals surface area contributed by atoms with Gasteiger partial charge < -0.3 is 9.47 Å². The Labute approximate surface area is 121 Å². The van der Waals surface area contributed by atoms with Crippen molar-refractivity contribution in [3.8, 4) is 11.5 Å². The van der Waals surface area contributed by atoms with Gasteiger partial charge in [-0.25, -0.2) is 0 Å². The van der Waals surface area contributed by atoms with Gasteiger partial charge in [0.1, 0.15) is 11.5 Å². The molecule has 0 amide bonds. The zero-order valence-corrected chi connectivity index (χ0v) is 12.5. The SMILES string of the molecule is C=C(c1ccc(OC)cc1)c1cc(OC)ccc1Br. The van der Waals surface area contributed by atoms with Crippen LogP contribution in [0.4, 0.5) is 0 Å². The Morgan fingerprint density at radius 3 is 2.11 bits per heavy atom. The molecule has 0 aliphatic rings. The van der Waals surface area contributed by atoms with E-state index < -0.39 is 0 Å². The van der Waals surface area contributed by atoms with Crippen LogP contribution in [0.3, 0.4) is 0 Å². The topological polar surface area (TPSA) is 18.5 Å². The molecule has 0 unspecified atom stereocenters. The summed E-state index contributed by atoms with van der Waals surface area (Å²) in [6.07, 6.45) is 0. The highest BCUT2D eigenvalue weighted by Gasteiger charge is 2.08. The molecular formula is C16H15BrO2. The van der Waals surface area contributed by atoms with Gasteiger partial charge in [-0.15, -0.1) is 0 Å². The summed E-state index contributed by atoms with van der Waals surface area (Å²) < 4.78 is 11.4. The van der Waals surface area contributed by atoms with Crippen molar-refractivity contribution in [2.24, 2.45) is 0 Å².